The van der Waals surface area contributed by atoms with Gasteiger partial charge in [0.15, 0.2) is 0 Å². The monoisotopic (exact) mass is 595 g/mol. The van der Waals surface area contributed by atoms with E-state index in [1.807, 2.05) is 0 Å². The summed E-state index contributed by atoms with van der Waals surface area (Å²) in [7, 11) is 0. The van der Waals surface area contributed by atoms with Crippen molar-refractivity contribution in [1.29, 1.82) is 0 Å². The maximum Gasteiger partial charge on any atom is 0.0553 e. The molecular weight excluding hydrogens is 567 g/mol. The Balaban J connectivity index is 1.25. The first-order chi connectivity index (χ1) is 23.3. The fourth-order valence-corrected chi connectivity index (χ4v) is 7.55. The van der Waals surface area contributed by atoms with Crippen LogP contribution in [0.15, 0.2) is 176 Å². The fourth-order valence-electron chi connectivity index (χ4n) is 7.55. The Morgan fingerprint density at radius 3 is 1.19 bits per heavy atom. The van der Waals surface area contributed by atoms with Gasteiger partial charge in [0.25, 0.3) is 0 Å². The van der Waals surface area contributed by atoms with Crippen molar-refractivity contribution in [2.24, 2.45) is 0 Å². The minimum Gasteiger partial charge on any atom is -0.309 e. The molecule has 9 aromatic carbocycles. The van der Waals surface area contributed by atoms with Gasteiger partial charge in [-0.15, -0.1) is 0 Å². The van der Waals surface area contributed by atoms with Gasteiger partial charge in [-0.2, -0.15) is 0 Å². The number of rotatable bonds is 4. The van der Waals surface area contributed by atoms with Crippen LogP contribution in [0.5, 0.6) is 0 Å². The number of fused-ring (bicyclic) bond motifs is 2. The third-order valence-corrected chi connectivity index (χ3v) is 9.87. The predicted octanol–water partition coefficient (Wildman–Crippen LogP) is 12.7. The average Bonchev–Trinajstić information content (AvgIpc) is 3.48. The minimum atomic E-state index is 1.16. The number of hydrogen-bond acceptors (Lipinski definition) is 0. The molecule has 0 amide bonds. The number of aromatic nitrogens is 1. The molecular formula is C46H29N. The van der Waals surface area contributed by atoms with Crippen LogP contribution in [-0.2, 0) is 0 Å². The molecule has 0 atom stereocenters. The summed E-state index contributed by atoms with van der Waals surface area (Å²) in [6, 6.07) is 64.7. The lowest BCUT2D eigenvalue weighted by Gasteiger charge is -2.12. The quantitative estimate of drug-likeness (QED) is 0.178. The van der Waals surface area contributed by atoms with E-state index in [1.54, 1.807) is 0 Å². The average molecular weight is 596 g/mol. The van der Waals surface area contributed by atoms with Gasteiger partial charge in [-0.3, -0.25) is 0 Å². The van der Waals surface area contributed by atoms with E-state index < -0.39 is 0 Å². The first-order valence-electron chi connectivity index (χ1n) is 16.3. The normalized spacial score (nSPS) is 11.8. The lowest BCUT2D eigenvalue weighted by molar-refractivity contribution is 1.18. The minimum absolute atomic E-state index is 1.16. The molecule has 0 spiro atoms. The second kappa shape index (κ2) is 10.2. The summed E-state index contributed by atoms with van der Waals surface area (Å²) in [6.07, 6.45) is 0. The Labute approximate surface area is 272 Å². The second-order valence-electron chi connectivity index (χ2n) is 12.6. The molecule has 1 heterocycles. The summed E-state index contributed by atoms with van der Waals surface area (Å²) in [5.74, 6) is 0. The molecule has 47 heavy (non-hydrogen) atoms. The van der Waals surface area contributed by atoms with Gasteiger partial charge in [-0.25, -0.2) is 0 Å². The lowest BCUT2D eigenvalue weighted by Crippen LogP contribution is -1.94. The van der Waals surface area contributed by atoms with Gasteiger partial charge >= 0.3 is 0 Å². The first kappa shape index (κ1) is 26.1. The van der Waals surface area contributed by atoms with Crippen LogP contribution in [-0.4, -0.2) is 4.57 Å². The summed E-state index contributed by atoms with van der Waals surface area (Å²) < 4.78 is 2.48. The first-order valence-corrected chi connectivity index (χ1v) is 16.3. The molecule has 0 fully saturated rings. The van der Waals surface area contributed by atoms with Crippen LogP contribution >= 0.6 is 0 Å². The topological polar surface area (TPSA) is 4.93 Å². The molecule has 0 saturated carbocycles. The summed E-state index contributed by atoms with van der Waals surface area (Å²) in [5, 5.41) is 10.2. The number of hydrogen-bond donors (Lipinski definition) is 0. The van der Waals surface area contributed by atoms with Crippen LogP contribution in [0.3, 0.4) is 0 Å². The Morgan fingerprint density at radius 2 is 0.660 bits per heavy atom. The second-order valence-corrected chi connectivity index (χ2v) is 12.6. The molecule has 0 unspecified atom stereocenters. The van der Waals surface area contributed by atoms with E-state index in [4.69, 9.17) is 0 Å². The smallest absolute Gasteiger partial charge is 0.0553 e. The largest absolute Gasteiger partial charge is 0.309 e. The molecule has 0 N–H and O–H groups in total. The van der Waals surface area contributed by atoms with Crippen LogP contribution in [0.4, 0.5) is 0 Å². The van der Waals surface area contributed by atoms with Crippen LogP contribution in [0, 0.1) is 0 Å². The standard InChI is InChI=1S/C46H29N/c1-2-8-30(9-3-1)33-20-22-42(23-21-33)47-43-28-40(36-16-14-31-10-4-6-12-34(31)24-36)26-38-18-19-39-27-41(29-44(47)46(39)45(38)43)37-17-15-32-11-5-7-13-35(32)25-37/h1-29H. The van der Waals surface area contributed by atoms with Gasteiger partial charge in [0.05, 0.1) is 11.0 Å². The lowest BCUT2D eigenvalue weighted by atomic mass is 9.94. The summed E-state index contributed by atoms with van der Waals surface area (Å²) in [5.41, 5.74) is 11.0. The highest BCUT2D eigenvalue weighted by Crippen LogP contribution is 2.43. The predicted molar refractivity (Wildman–Crippen MR) is 201 cm³/mol. The molecule has 218 valence electrons. The van der Waals surface area contributed by atoms with Gasteiger partial charge < -0.3 is 4.57 Å². The zero-order valence-electron chi connectivity index (χ0n) is 25.7. The molecule has 0 aliphatic carbocycles. The van der Waals surface area contributed by atoms with Crippen molar-refractivity contribution in [1.82, 2.24) is 4.57 Å². The molecule has 1 heteroatoms. The molecule has 0 aliphatic heterocycles. The van der Waals surface area contributed by atoms with Crippen molar-refractivity contribution in [2.75, 3.05) is 0 Å². The van der Waals surface area contributed by atoms with Crippen LogP contribution < -0.4 is 0 Å². The number of nitrogens with zero attached hydrogens (tertiary/aromatic N) is 1. The van der Waals surface area contributed by atoms with E-state index in [1.165, 1.54) is 87.5 Å². The zero-order valence-corrected chi connectivity index (χ0v) is 25.7. The third-order valence-electron chi connectivity index (χ3n) is 9.87. The van der Waals surface area contributed by atoms with E-state index in [0.717, 1.165) is 5.69 Å². The van der Waals surface area contributed by atoms with Crippen LogP contribution in [0.2, 0.25) is 0 Å². The third kappa shape index (κ3) is 4.17. The molecule has 0 bridgehead atoms. The van der Waals surface area contributed by atoms with Gasteiger partial charge in [-0.05, 0) is 114 Å². The van der Waals surface area contributed by atoms with Crippen LogP contribution in [0.25, 0.3) is 93.2 Å². The number of benzene rings is 9. The van der Waals surface area contributed by atoms with E-state index in [9.17, 15) is 0 Å². The van der Waals surface area contributed by atoms with E-state index in [2.05, 4.69) is 180 Å². The highest BCUT2D eigenvalue weighted by molar-refractivity contribution is 6.25. The van der Waals surface area contributed by atoms with Crippen molar-refractivity contribution >= 4 is 54.1 Å². The maximum atomic E-state index is 2.48. The molecule has 0 aliphatic rings. The Hall–Kier alpha value is -6.18. The van der Waals surface area contributed by atoms with Crippen molar-refractivity contribution in [3.8, 4) is 39.1 Å². The molecule has 10 aromatic rings. The van der Waals surface area contributed by atoms with Crippen molar-refractivity contribution in [2.45, 2.75) is 0 Å². The maximum absolute atomic E-state index is 2.48. The van der Waals surface area contributed by atoms with Crippen LogP contribution in [0.1, 0.15) is 0 Å². The Kier molecular flexibility index (Phi) is 5.64. The molecule has 0 saturated heterocycles. The van der Waals surface area contributed by atoms with Gasteiger partial charge in [-0.1, -0.05) is 127 Å². The Bertz CT molecular complexity index is 2620. The SMILES string of the molecule is c1ccc(-c2ccc(-n3c4cc(-c5ccc6ccccc6c5)cc5ccc6cc(-c7ccc8ccccc8c7)cc3c6c54)cc2)cc1. The highest BCUT2D eigenvalue weighted by atomic mass is 15.0. The van der Waals surface area contributed by atoms with Crippen molar-refractivity contribution in [3.63, 3.8) is 0 Å². The summed E-state index contributed by atoms with van der Waals surface area (Å²) in [6.45, 7) is 0. The van der Waals surface area contributed by atoms with E-state index in [-0.39, 0.29) is 0 Å². The van der Waals surface area contributed by atoms with E-state index >= 15 is 0 Å². The summed E-state index contributed by atoms with van der Waals surface area (Å²) >= 11 is 0. The van der Waals surface area contributed by atoms with Crippen molar-refractivity contribution < 1.29 is 0 Å². The zero-order chi connectivity index (χ0) is 30.9. The molecule has 0 radical (unpaired) electrons. The molecule has 1 aromatic heterocycles. The molecule has 1 nitrogen and oxygen atoms in total. The summed E-state index contributed by atoms with van der Waals surface area (Å²) in [4.78, 5) is 0. The van der Waals surface area contributed by atoms with Gasteiger partial charge in [0.2, 0.25) is 0 Å². The Morgan fingerprint density at radius 1 is 0.255 bits per heavy atom. The van der Waals surface area contributed by atoms with E-state index in [0.29, 0.717) is 0 Å². The fraction of sp³-hybridized carbons (Fsp3) is 0. The van der Waals surface area contributed by atoms with Gasteiger partial charge in [0.1, 0.15) is 0 Å². The highest BCUT2D eigenvalue weighted by Gasteiger charge is 2.20. The van der Waals surface area contributed by atoms with Gasteiger partial charge in [0, 0.05) is 16.5 Å². The van der Waals surface area contributed by atoms with Crippen molar-refractivity contribution in [3.05, 3.63) is 176 Å². The molecule has 10 rings (SSSR count).